The first-order chi connectivity index (χ1) is 16.1. The third-order valence-corrected chi connectivity index (χ3v) is 6.35. The third-order valence-electron chi connectivity index (χ3n) is 6.35. The summed E-state index contributed by atoms with van der Waals surface area (Å²) in [5, 5.41) is 14.6. The molecule has 0 spiro atoms. The number of ether oxygens (including phenoxy) is 1. The normalized spacial score (nSPS) is 14.5. The summed E-state index contributed by atoms with van der Waals surface area (Å²) in [6, 6.07) is 15.3. The lowest BCUT2D eigenvalue weighted by atomic mass is 9.84. The Morgan fingerprint density at radius 3 is 2.00 bits per heavy atom. The third kappa shape index (κ3) is 6.16. The second kappa shape index (κ2) is 10.7. The van der Waals surface area contributed by atoms with Crippen LogP contribution in [0.2, 0.25) is 0 Å². The summed E-state index contributed by atoms with van der Waals surface area (Å²) in [7, 11) is 0. The molecule has 0 radical (unpaired) electrons. The van der Waals surface area contributed by atoms with Crippen molar-refractivity contribution in [3.05, 3.63) is 59.7 Å². The number of amides is 2. The van der Waals surface area contributed by atoms with Crippen molar-refractivity contribution in [2.75, 3.05) is 6.61 Å². The maximum atomic E-state index is 12.7. The van der Waals surface area contributed by atoms with Gasteiger partial charge in [-0.25, -0.2) is 4.79 Å². The van der Waals surface area contributed by atoms with Crippen LogP contribution in [0, 0.1) is 5.41 Å². The molecule has 7 heteroatoms. The molecule has 1 unspecified atom stereocenters. The molecule has 3 rings (SSSR count). The quantitative estimate of drug-likeness (QED) is 0.497. The van der Waals surface area contributed by atoms with Crippen molar-refractivity contribution in [3.8, 4) is 11.1 Å². The van der Waals surface area contributed by atoms with Crippen LogP contribution in [0.5, 0.6) is 0 Å². The monoisotopic (exact) mass is 466 g/mol. The minimum atomic E-state index is -0.962. The summed E-state index contributed by atoms with van der Waals surface area (Å²) in [6.45, 7) is 7.82. The summed E-state index contributed by atoms with van der Waals surface area (Å²) in [6.07, 6.45) is -0.170. The summed E-state index contributed by atoms with van der Waals surface area (Å²) in [4.78, 5) is 36.3. The largest absolute Gasteiger partial charge is 0.481 e. The van der Waals surface area contributed by atoms with Gasteiger partial charge in [-0.15, -0.1) is 0 Å². The smallest absolute Gasteiger partial charge is 0.407 e. The molecule has 7 nitrogen and oxygen atoms in total. The highest BCUT2D eigenvalue weighted by Gasteiger charge is 2.32. The number of aliphatic carboxylic acids is 1. The number of hydrogen-bond donors (Lipinski definition) is 3. The highest BCUT2D eigenvalue weighted by Crippen LogP contribution is 2.44. The predicted molar refractivity (Wildman–Crippen MR) is 131 cm³/mol. The lowest BCUT2D eigenvalue weighted by molar-refractivity contribution is -0.137. The molecular formula is C27H34N2O5. The Morgan fingerprint density at radius 2 is 1.50 bits per heavy atom. The van der Waals surface area contributed by atoms with Gasteiger partial charge < -0.3 is 20.5 Å². The van der Waals surface area contributed by atoms with Crippen molar-refractivity contribution >= 4 is 18.0 Å². The second-order valence-electron chi connectivity index (χ2n) is 9.86. The number of benzene rings is 2. The summed E-state index contributed by atoms with van der Waals surface area (Å²) in [5.41, 5.74) is 4.17. The van der Waals surface area contributed by atoms with Gasteiger partial charge in [-0.2, -0.15) is 0 Å². The van der Waals surface area contributed by atoms with Crippen LogP contribution in [-0.2, 0) is 14.3 Å². The lowest BCUT2D eigenvalue weighted by Crippen LogP contribution is -2.48. The Balaban J connectivity index is 1.63. The van der Waals surface area contributed by atoms with E-state index in [1.165, 1.54) is 0 Å². The van der Waals surface area contributed by atoms with Gasteiger partial charge in [0.05, 0.1) is 6.42 Å². The van der Waals surface area contributed by atoms with E-state index in [0.29, 0.717) is 6.42 Å². The number of carboxylic acids is 1. The number of fused-ring (bicyclic) bond motifs is 3. The second-order valence-corrected chi connectivity index (χ2v) is 9.86. The SMILES string of the molecule is CC[C@@H](CC(=O)O)NC(=O)CC(NC(=O)OCC1c2ccccc2-c2ccccc21)C(C)(C)C. The van der Waals surface area contributed by atoms with E-state index in [0.717, 1.165) is 22.3 Å². The van der Waals surface area contributed by atoms with Crippen molar-refractivity contribution in [2.45, 2.75) is 65.0 Å². The first kappa shape index (κ1) is 25.3. The van der Waals surface area contributed by atoms with Crippen LogP contribution in [0.1, 0.15) is 64.0 Å². The topological polar surface area (TPSA) is 105 Å². The van der Waals surface area contributed by atoms with Gasteiger partial charge in [-0.3, -0.25) is 9.59 Å². The van der Waals surface area contributed by atoms with E-state index in [-0.39, 0.29) is 31.3 Å². The molecule has 0 fully saturated rings. The van der Waals surface area contributed by atoms with E-state index < -0.39 is 29.6 Å². The van der Waals surface area contributed by atoms with Gasteiger partial charge in [-0.05, 0) is 34.1 Å². The molecule has 182 valence electrons. The number of rotatable bonds is 9. The van der Waals surface area contributed by atoms with Crippen molar-refractivity contribution in [1.82, 2.24) is 10.6 Å². The molecule has 0 aliphatic heterocycles. The minimum Gasteiger partial charge on any atom is -0.481 e. The maximum Gasteiger partial charge on any atom is 0.407 e. The van der Waals surface area contributed by atoms with Crippen LogP contribution in [0.25, 0.3) is 11.1 Å². The molecule has 1 aliphatic rings. The molecule has 0 saturated carbocycles. The molecule has 2 aromatic rings. The first-order valence-corrected chi connectivity index (χ1v) is 11.7. The van der Waals surface area contributed by atoms with Gasteiger partial charge >= 0.3 is 12.1 Å². The Kier molecular flexibility index (Phi) is 7.97. The Morgan fingerprint density at radius 1 is 0.941 bits per heavy atom. The van der Waals surface area contributed by atoms with E-state index >= 15 is 0 Å². The molecule has 2 aromatic carbocycles. The van der Waals surface area contributed by atoms with Crippen molar-refractivity contribution in [1.29, 1.82) is 0 Å². The molecule has 2 amide bonds. The lowest BCUT2D eigenvalue weighted by Gasteiger charge is -2.31. The summed E-state index contributed by atoms with van der Waals surface area (Å²) in [5.74, 6) is -1.31. The highest BCUT2D eigenvalue weighted by atomic mass is 16.5. The fraction of sp³-hybridized carbons (Fsp3) is 0.444. The van der Waals surface area contributed by atoms with Crippen molar-refractivity contribution in [3.63, 3.8) is 0 Å². The number of nitrogens with one attached hydrogen (secondary N) is 2. The number of alkyl carbamates (subject to hydrolysis) is 1. The molecule has 3 N–H and O–H groups in total. The molecule has 0 heterocycles. The van der Waals surface area contributed by atoms with Crippen molar-refractivity contribution < 1.29 is 24.2 Å². The average molecular weight is 467 g/mol. The molecule has 34 heavy (non-hydrogen) atoms. The van der Waals surface area contributed by atoms with Gasteiger partial charge in [0.1, 0.15) is 6.61 Å². The highest BCUT2D eigenvalue weighted by molar-refractivity contribution is 5.80. The zero-order chi connectivity index (χ0) is 24.9. The zero-order valence-corrected chi connectivity index (χ0v) is 20.3. The zero-order valence-electron chi connectivity index (χ0n) is 20.3. The van der Waals surface area contributed by atoms with Gasteiger partial charge in [0.2, 0.25) is 5.91 Å². The number of hydrogen-bond acceptors (Lipinski definition) is 4. The molecule has 0 aromatic heterocycles. The van der Waals surface area contributed by atoms with Gasteiger partial charge in [-0.1, -0.05) is 76.2 Å². The van der Waals surface area contributed by atoms with Crippen molar-refractivity contribution in [2.24, 2.45) is 5.41 Å². The maximum absolute atomic E-state index is 12.7. The number of carboxylic acid groups (broad SMARTS) is 1. The number of carbonyl (C=O) groups excluding carboxylic acids is 2. The van der Waals surface area contributed by atoms with Gasteiger partial charge in [0.25, 0.3) is 0 Å². The molecule has 0 bridgehead atoms. The van der Waals surface area contributed by atoms with E-state index in [2.05, 4.69) is 34.9 Å². The van der Waals surface area contributed by atoms with E-state index in [4.69, 9.17) is 9.84 Å². The standard InChI is InChI=1S/C27H34N2O5/c1-5-17(14-25(31)32)28-24(30)15-23(27(2,3)4)29-26(33)34-16-22-20-12-8-6-10-18(20)19-11-7-9-13-21(19)22/h6-13,17,22-23H,5,14-16H2,1-4H3,(H,28,30)(H,29,33)(H,31,32)/t17-,23?/m0/s1. The van der Waals surface area contributed by atoms with E-state index in [1.54, 1.807) is 0 Å². The number of carbonyl (C=O) groups is 3. The van der Waals surface area contributed by atoms with E-state index in [9.17, 15) is 14.4 Å². The molecule has 2 atom stereocenters. The first-order valence-electron chi connectivity index (χ1n) is 11.7. The summed E-state index contributed by atoms with van der Waals surface area (Å²) < 4.78 is 5.64. The Bertz CT molecular complexity index is 998. The summed E-state index contributed by atoms with van der Waals surface area (Å²) >= 11 is 0. The predicted octanol–water partition coefficient (Wildman–Crippen LogP) is 4.70. The molecule has 1 aliphatic carbocycles. The molecule has 0 saturated heterocycles. The van der Waals surface area contributed by atoms with Gasteiger partial charge in [0.15, 0.2) is 0 Å². The average Bonchev–Trinajstić information content (AvgIpc) is 3.09. The Labute approximate surface area is 200 Å². The van der Waals surface area contributed by atoms with Gasteiger partial charge in [0, 0.05) is 24.4 Å². The minimum absolute atomic E-state index is 0.0316. The molecular weight excluding hydrogens is 432 g/mol. The van der Waals surface area contributed by atoms with Crippen LogP contribution in [0.4, 0.5) is 4.79 Å². The van der Waals surface area contributed by atoms with Crippen LogP contribution in [0.3, 0.4) is 0 Å². The van der Waals surface area contributed by atoms with Crippen LogP contribution in [0.15, 0.2) is 48.5 Å². The Hall–Kier alpha value is -3.35. The fourth-order valence-electron chi connectivity index (χ4n) is 4.34. The van der Waals surface area contributed by atoms with Crippen LogP contribution >= 0.6 is 0 Å². The van der Waals surface area contributed by atoms with Crippen LogP contribution in [-0.4, -0.2) is 41.8 Å². The van der Waals surface area contributed by atoms with Crippen LogP contribution < -0.4 is 10.6 Å². The fourth-order valence-corrected chi connectivity index (χ4v) is 4.34. The van der Waals surface area contributed by atoms with E-state index in [1.807, 2.05) is 52.0 Å².